The van der Waals surface area contributed by atoms with Crippen molar-refractivity contribution in [3.8, 4) is 0 Å². The lowest BCUT2D eigenvalue weighted by Gasteiger charge is -2.31. The van der Waals surface area contributed by atoms with Gasteiger partial charge in [0.25, 0.3) is 0 Å². The molecule has 2 rings (SSSR count). The number of alkyl carbamates (subject to hydrolysis) is 1. The Hall–Kier alpha value is -1.59. The molecule has 5 heteroatoms. The second-order valence-corrected chi connectivity index (χ2v) is 7.06. The van der Waals surface area contributed by atoms with Gasteiger partial charge in [0.2, 0.25) is 0 Å². The monoisotopic (exact) mass is 305 g/mol. The van der Waals surface area contributed by atoms with E-state index in [4.69, 9.17) is 10.5 Å². The van der Waals surface area contributed by atoms with Gasteiger partial charge < -0.3 is 15.8 Å². The minimum Gasteiger partial charge on any atom is -0.444 e. The van der Waals surface area contributed by atoms with Gasteiger partial charge in [0.15, 0.2) is 0 Å². The zero-order valence-electron chi connectivity index (χ0n) is 13.8. The van der Waals surface area contributed by atoms with Crippen LogP contribution in [-0.2, 0) is 11.3 Å². The van der Waals surface area contributed by atoms with Crippen LogP contribution >= 0.6 is 0 Å². The maximum Gasteiger partial charge on any atom is 0.408 e. The van der Waals surface area contributed by atoms with Crippen LogP contribution in [0.3, 0.4) is 0 Å². The Morgan fingerprint density at radius 2 is 2.05 bits per heavy atom. The molecule has 1 fully saturated rings. The van der Waals surface area contributed by atoms with E-state index in [1.165, 1.54) is 5.56 Å². The van der Waals surface area contributed by atoms with Gasteiger partial charge in [-0.05, 0) is 32.8 Å². The number of ether oxygens (including phenoxy) is 1. The van der Waals surface area contributed by atoms with Crippen molar-refractivity contribution >= 4 is 6.09 Å². The van der Waals surface area contributed by atoms with Gasteiger partial charge in [0, 0.05) is 26.2 Å². The molecule has 0 bridgehead atoms. The smallest absolute Gasteiger partial charge is 0.408 e. The van der Waals surface area contributed by atoms with Gasteiger partial charge in [-0.1, -0.05) is 30.3 Å². The van der Waals surface area contributed by atoms with E-state index in [-0.39, 0.29) is 6.09 Å². The molecular formula is C17H27N3O2. The van der Waals surface area contributed by atoms with E-state index >= 15 is 0 Å². The van der Waals surface area contributed by atoms with Crippen LogP contribution in [-0.4, -0.2) is 41.8 Å². The number of hydrogen-bond donors (Lipinski definition) is 2. The molecule has 22 heavy (non-hydrogen) atoms. The number of nitrogens with one attached hydrogen (secondary N) is 1. The second-order valence-electron chi connectivity index (χ2n) is 7.06. The zero-order valence-corrected chi connectivity index (χ0v) is 13.8. The minimum absolute atomic E-state index is 0.389. The van der Waals surface area contributed by atoms with Crippen LogP contribution in [0.2, 0.25) is 0 Å². The molecule has 1 aliphatic heterocycles. The summed E-state index contributed by atoms with van der Waals surface area (Å²) in [5, 5.41) is 2.99. The Balaban J connectivity index is 1.93. The number of benzene rings is 1. The highest BCUT2D eigenvalue weighted by Crippen LogP contribution is 2.23. The summed E-state index contributed by atoms with van der Waals surface area (Å²) in [6.07, 6.45) is 0.453. The van der Waals surface area contributed by atoms with Gasteiger partial charge in [-0.3, -0.25) is 4.90 Å². The first-order valence-corrected chi connectivity index (χ1v) is 7.79. The van der Waals surface area contributed by atoms with Crippen LogP contribution in [0.15, 0.2) is 30.3 Å². The molecule has 1 aromatic rings. The van der Waals surface area contributed by atoms with E-state index in [9.17, 15) is 4.79 Å². The summed E-state index contributed by atoms with van der Waals surface area (Å²) < 4.78 is 5.36. The first-order valence-electron chi connectivity index (χ1n) is 7.79. The highest BCUT2D eigenvalue weighted by molar-refractivity contribution is 5.69. The number of nitrogens with zero attached hydrogens (tertiary/aromatic N) is 1. The lowest BCUT2D eigenvalue weighted by molar-refractivity contribution is 0.0461. The number of carbonyl (C=O) groups excluding carboxylic acids is 1. The van der Waals surface area contributed by atoms with E-state index in [0.717, 1.165) is 26.1 Å². The third-order valence-corrected chi connectivity index (χ3v) is 3.84. The third kappa shape index (κ3) is 4.71. The molecule has 3 N–H and O–H groups in total. The first kappa shape index (κ1) is 16.8. The van der Waals surface area contributed by atoms with Crippen molar-refractivity contribution in [3.63, 3.8) is 0 Å². The molecule has 1 aliphatic rings. The topological polar surface area (TPSA) is 67.6 Å². The molecule has 1 unspecified atom stereocenters. The van der Waals surface area contributed by atoms with E-state index in [0.29, 0.717) is 6.54 Å². The van der Waals surface area contributed by atoms with Gasteiger partial charge in [-0.2, -0.15) is 0 Å². The molecule has 5 nitrogen and oxygen atoms in total. The van der Waals surface area contributed by atoms with Crippen molar-refractivity contribution in [2.75, 3.05) is 19.6 Å². The number of rotatable bonds is 4. The minimum atomic E-state index is -0.498. The summed E-state index contributed by atoms with van der Waals surface area (Å²) in [5.41, 5.74) is 6.32. The summed E-state index contributed by atoms with van der Waals surface area (Å²) in [6.45, 7) is 8.53. The van der Waals surface area contributed by atoms with Crippen molar-refractivity contribution in [3.05, 3.63) is 35.9 Å². The van der Waals surface area contributed by atoms with Crippen molar-refractivity contribution in [1.82, 2.24) is 10.2 Å². The number of hydrogen-bond acceptors (Lipinski definition) is 4. The van der Waals surface area contributed by atoms with Crippen LogP contribution in [0.25, 0.3) is 0 Å². The molecule has 0 aliphatic carbocycles. The third-order valence-electron chi connectivity index (χ3n) is 3.84. The fourth-order valence-electron chi connectivity index (χ4n) is 2.77. The highest BCUT2D eigenvalue weighted by atomic mass is 16.6. The number of carbonyl (C=O) groups is 1. The maximum absolute atomic E-state index is 12.0. The highest BCUT2D eigenvalue weighted by Gasteiger charge is 2.39. The zero-order chi connectivity index (χ0) is 16.2. The normalized spacial score (nSPS) is 22.5. The number of nitrogens with two attached hydrogens (primary N) is 1. The molecule has 0 aromatic heterocycles. The Morgan fingerprint density at radius 1 is 1.36 bits per heavy atom. The Morgan fingerprint density at radius 3 is 2.64 bits per heavy atom. The van der Waals surface area contributed by atoms with Crippen molar-refractivity contribution in [1.29, 1.82) is 0 Å². The van der Waals surface area contributed by atoms with Crippen molar-refractivity contribution in [2.45, 2.75) is 44.9 Å². The second kappa shape index (κ2) is 6.67. The maximum atomic E-state index is 12.0. The molecule has 0 radical (unpaired) electrons. The van der Waals surface area contributed by atoms with E-state index < -0.39 is 11.1 Å². The first-order chi connectivity index (χ1) is 10.3. The van der Waals surface area contributed by atoms with Crippen LogP contribution in [0, 0.1) is 0 Å². The van der Waals surface area contributed by atoms with Crippen LogP contribution in [0.5, 0.6) is 0 Å². The fourth-order valence-corrected chi connectivity index (χ4v) is 2.77. The Kier molecular flexibility index (Phi) is 5.08. The van der Waals surface area contributed by atoms with Gasteiger partial charge >= 0.3 is 6.09 Å². The van der Waals surface area contributed by atoms with Crippen LogP contribution in [0.1, 0.15) is 32.8 Å². The summed E-state index contributed by atoms with van der Waals surface area (Å²) in [5.74, 6) is 0. The largest absolute Gasteiger partial charge is 0.444 e. The Bertz CT molecular complexity index is 498. The molecule has 1 saturated heterocycles. The molecular weight excluding hydrogens is 278 g/mol. The number of likely N-dealkylation sites (tertiary alicyclic amines) is 1. The average molecular weight is 305 g/mol. The molecule has 1 amide bonds. The van der Waals surface area contributed by atoms with E-state index in [1.54, 1.807) is 0 Å². The molecule has 122 valence electrons. The average Bonchev–Trinajstić information content (AvgIpc) is 2.81. The summed E-state index contributed by atoms with van der Waals surface area (Å²) in [4.78, 5) is 14.4. The summed E-state index contributed by atoms with van der Waals surface area (Å²) >= 11 is 0. The van der Waals surface area contributed by atoms with Gasteiger partial charge in [0.1, 0.15) is 5.60 Å². The predicted octanol–water partition coefficient (Wildman–Crippen LogP) is 2.11. The molecule has 1 heterocycles. The Labute approximate surface area is 132 Å². The van der Waals surface area contributed by atoms with Gasteiger partial charge in [-0.25, -0.2) is 4.79 Å². The lowest BCUT2D eigenvalue weighted by atomic mass is 9.99. The quantitative estimate of drug-likeness (QED) is 0.894. The summed E-state index contributed by atoms with van der Waals surface area (Å²) in [7, 11) is 0. The lowest BCUT2D eigenvalue weighted by Crippen LogP contribution is -2.56. The van der Waals surface area contributed by atoms with E-state index in [1.807, 2.05) is 39.0 Å². The predicted molar refractivity (Wildman–Crippen MR) is 87.5 cm³/mol. The van der Waals surface area contributed by atoms with Gasteiger partial charge in [0.05, 0.1) is 5.54 Å². The molecule has 0 spiro atoms. The van der Waals surface area contributed by atoms with Gasteiger partial charge in [-0.15, -0.1) is 0 Å². The van der Waals surface area contributed by atoms with Crippen LogP contribution < -0.4 is 11.1 Å². The summed E-state index contributed by atoms with van der Waals surface area (Å²) in [6, 6.07) is 10.3. The SMILES string of the molecule is CC(C)(C)OC(=O)NC1(CN)CCN(Cc2ccccc2)C1. The van der Waals surface area contributed by atoms with Crippen molar-refractivity contribution in [2.24, 2.45) is 5.73 Å². The molecule has 1 atom stereocenters. The van der Waals surface area contributed by atoms with Crippen LogP contribution in [0.4, 0.5) is 4.79 Å². The molecule has 0 saturated carbocycles. The molecule has 1 aromatic carbocycles. The standard InChI is InChI=1S/C17H27N3O2/c1-16(2,3)22-15(21)19-17(12-18)9-10-20(13-17)11-14-7-5-4-6-8-14/h4-8H,9-13,18H2,1-3H3,(H,19,21). The van der Waals surface area contributed by atoms with E-state index in [2.05, 4.69) is 22.3 Å². The van der Waals surface area contributed by atoms with Crippen molar-refractivity contribution < 1.29 is 9.53 Å². The number of amides is 1. The fraction of sp³-hybridized carbons (Fsp3) is 0.588.